The smallest absolute Gasteiger partial charge is 0.250 e. The number of carbonyl (C=O) groups excluding carboxylic acids is 1. The zero-order valence-corrected chi connectivity index (χ0v) is 10.6. The maximum absolute atomic E-state index is 11.4. The van der Waals surface area contributed by atoms with Gasteiger partial charge in [0, 0.05) is 6.04 Å². The van der Waals surface area contributed by atoms with Crippen LogP contribution in [0, 0.1) is 0 Å². The Hall–Kier alpha value is -1.75. The van der Waals surface area contributed by atoms with E-state index in [-0.39, 0.29) is 0 Å². The highest BCUT2D eigenvalue weighted by Gasteiger charge is 2.19. The highest BCUT2D eigenvalue weighted by atomic mass is 16.1. The molecule has 0 atom stereocenters. The van der Waals surface area contributed by atoms with Gasteiger partial charge in [-0.1, -0.05) is 6.07 Å². The first kappa shape index (κ1) is 12.7. The van der Waals surface area contributed by atoms with Gasteiger partial charge in [0.2, 0.25) is 0 Å². The Morgan fingerprint density at radius 2 is 2.06 bits per heavy atom. The summed E-state index contributed by atoms with van der Waals surface area (Å²) >= 11 is 0. The van der Waals surface area contributed by atoms with E-state index in [0.717, 1.165) is 25.9 Å². The maximum atomic E-state index is 11.4. The number of carbonyl (C=O) groups is 1. The minimum absolute atomic E-state index is 0.351. The van der Waals surface area contributed by atoms with E-state index in [4.69, 9.17) is 11.5 Å². The first-order valence-electron chi connectivity index (χ1n) is 6.21. The van der Waals surface area contributed by atoms with Crippen molar-refractivity contribution in [1.29, 1.82) is 0 Å². The van der Waals surface area contributed by atoms with Crippen molar-refractivity contribution in [1.82, 2.24) is 4.90 Å². The fraction of sp³-hybridized carbons (Fsp3) is 0.462. The molecule has 1 aromatic rings. The molecule has 0 radical (unpaired) electrons. The van der Waals surface area contributed by atoms with E-state index >= 15 is 0 Å². The molecular formula is C13H20N4O. The fourth-order valence-corrected chi connectivity index (χ4v) is 2.29. The third-order valence-corrected chi connectivity index (χ3v) is 3.43. The van der Waals surface area contributed by atoms with Crippen molar-refractivity contribution in [3.63, 3.8) is 0 Å². The molecule has 5 nitrogen and oxygen atoms in total. The number of likely N-dealkylation sites (tertiary alicyclic amines) is 1. The summed E-state index contributed by atoms with van der Waals surface area (Å²) in [6.45, 7) is 2.10. The largest absolute Gasteiger partial charge is 0.397 e. The molecule has 0 unspecified atom stereocenters. The molecule has 1 heterocycles. The molecule has 18 heavy (non-hydrogen) atoms. The molecular weight excluding hydrogens is 228 g/mol. The molecule has 1 aliphatic rings. The van der Waals surface area contributed by atoms with Crippen LogP contribution in [-0.2, 0) is 0 Å². The van der Waals surface area contributed by atoms with Crippen LogP contribution in [0.25, 0.3) is 0 Å². The van der Waals surface area contributed by atoms with E-state index in [0.29, 0.717) is 23.0 Å². The number of nitrogens with zero attached hydrogens (tertiary/aromatic N) is 1. The summed E-state index contributed by atoms with van der Waals surface area (Å²) in [4.78, 5) is 13.7. The number of rotatable bonds is 3. The lowest BCUT2D eigenvalue weighted by Crippen LogP contribution is -2.37. The van der Waals surface area contributed by atoms with E-state index in [1.807, 2.05) is 0 Å². The molecule has 1 aromatic carbocycles. The molecule has 0 bridgehead atoms. The van der Waals surface area contributed by atoms with Crippen LogP contribution in [0.2, 0.25) is 0 Å². The maximum Gasteiger partial charge on any atom is 0.250 e. The number of benzene rings is 1. The Kier molecular flexibility index (Phi) is 3.72. The standard InChI is InChI=1S/C13H20N4O/c1-17-7-5-9(6-8-17)16-12-10(13(15)18)3-2-4-11(12)14/h2-4,9,16H,5-8,14H2,1H3,(H2,15,18). The van der Waals surface area contributed by atoms with E-state index < -0.39 is 5.91 Å². The van der Waals surface area contributed by atoms with E-state index in [9.17, 15) is 4.79 Å². The Balaban J connectivity index is 2.15. The van der Waals surface area contributed by atoms with Crippen LogP contribution in [0.3, 0.4) is 0 Å². The topological polar surface area (TPSA) is 84.4 Å². The summed E-state index contributed by atoms with van der Waals surface area (Å²) in [5, 5.41) is 3.37. The third kappa shape index (κ3) is 2.73. The van der Waals surface area contributed by atoms with Crippen LogP contribution >= 0.6 is 0 Å². The number of hydrogen-bond acceptors (Lipinski definition) is 4. The molecule has 98 valence electrons. The number of hydrogen-bond donors (Lipinski definition) is 3. The normalized spacial score (nSPS) is 17.6. The number of nitrogens with one attached hydrogen (secondary N) is 1. The molecule has 5 N–H and O–H groups in total. The fourth-order valence-electron chi connectivity index (χ4n) is 2.29. The molecule has 2 rings (SSSR count). The lowest BCUT2D eigenvalue weighted by Gasteiger charge is -2.30. The van der Waals surface area contributed by atoms with Crippen LogP contribution in [0.1, 0.15) is 23.2 Å². The molecule has 1 saturated heterocycles. The van der Waals surface area contributed by atoms with Crippen molar-refractivity contribution in [3.05, 3.63) is 23.8 Å². The zero-order chi connectivity index (χ0) is 13.1. The summed E-state index contributed by atoms with van der Waals surface area (Å²) in [6, 6.07) is 5.58. The van der Waals surface area contributed by atoms with Gasteiger partial charge in [-0.2, -0.15) is 0 Å². The number of amides is 1. The van der Waals surface area contributed by atoms with Crippen molar-refractivity contribution in [2.24, 2.45) is 5.73 Å². The highest BCUT2D eigenvalue weighted by molar-refractivity contribution is 6.01. The highest BCUT2D eigenvalue weighted by Crippen LogP contribution is 2.26. The first-order valence-corrected chi connectivity index (χ1v) is 6.21. The quantitative estimate of drug-likeness (QED) is 0.693. The van der Waals surface area contributed by atoms with Crippen molar-refractivity contribution >= 4 is 17.3 Å². The Labute approximate surface area is 107 Å². The number of piperidine rings is 1. The average Bonchev–Trinajstić information content (AvgIpc) is 2.34. The summed E-state index contributed by atoms with van der Waals surface area (Å²) in [5.41, 5.74) is 13.0. The van der Waals surface area contributed by atoms with Gasteiger partial charge in [-0.25, -0.2) is 0 Å². The van der Waals surface area contributed by atoms with E-state index in [1.165, 1.54) is 0 Å². The zero-order valence-electron chi connectivity index (χ0n) is 10.6. The molecule has 1 fully saturated rings. The number of para-hydroxylation sites is 1. The first-order chi connectivity index (χ1) is 8.58. The van der Waals surface area contributed by atoms with Gasteiger partial charge in [0.25, 0.3) is 5.91 Å². The lowest BCUT2D eigenvalue weighted by atomic mass is 10.0. The SMILES string of the molecule is CN1CCC(Nc2c(N)cccc2C(N)=O)CC1. The summed E-state index contributed by atoms with van der Waals surface area (Å²) < 4.78 is 0. The van der Waals surface area contributed by atoms with Gasteiger partial charge in [-0.05, 0) is 45.1 Å². The van der Waals surface area contributed by atoms with Crippen molar-refractivity contribution in [2.45, 2.75) is 18.9 Å². The van der Waals surface area contributed by atoms with E-state index in [1.54, 1.807) is 18.2 Å². The van der Waals surface area contributed by atoms with Gasteiger partial charge in [-0.3, -0.25) is 4.79 Å². The Bertz CT molecular complexity index is 439. The van der Waals surface area contributed by atoms with E-state index in [2.05, 4.69) is 17.3 Å². The number of nitrogens with two attached hydrogens (primary N) is 2. The average molecular weight is 248 g/mol. The number of primary amides is 1. The van der Waals surface area contributed by atoms with Crippen molar-refractivity contribution in [2.75, 3.05) is 31.2 Å². The second-order valence-electron chi connectivity index (χ2n) is 4.86. The molecule has 5 heteroatoms. The Morgan fingerprint density at radius 3 is 2.67 bits per heavy atom. The molecule has 0 saturated carbocycles. The van der Waals surface area contributed by atoms with Crippen LogP contribution < -0.4 is 16.8 Å². The molecule has 0 spiro atoms. The van der Waals surface area contributed by atoms with Gasteiger partial charge in [0.1, 0.15) is 0 Å². The number of anilines is 2. The van der Waals surface area contributed by atoms with Gasteiger partial charge < -0.3 is 21.7 Å². The minimum atomic E-state index is -0.447. The second kappa shape index (κ2) is 5.27. The van der Waals surface area contributed by atoms with Crippen LogP contribution in [0.4, 0.5) is 11.4 Å². The number of nitrogen functional groups attached to an aromatic ring is 1. The summed E-state index contributed by atoms with van der Waals surface area (Å²) in [7, 11) is 2.11. The molecule has 0 aliphatic carbocycles. The predicted molar refractivity (Wildman–Crippen MR) is 73.5 cm³/mol. The van der Waals surface area contributed by atoms with Crippen molar-refractivity contribution in [3.8, 4) is 0 Å². The van der Waals surface area contributed by atoms with Crippen molar-refractivity contribution < 1.29 is 4.79 Å². The minimum Gasteiger partial charge on any atom is -0.397 e. The van der Waals surface area contributed by atoms with Gasteiger partial charge >= 0.3 is 0 Å². The van der Waals surface area contributed by atoms with Crippen LogP contribution in [0.5, 0.6) is 0 Å². The monoisotopic (exact) mass is 248 g/mol. The molecule has 1 aliphatic heterocycles. The summed E-state index contributed by atoms with van der Waals surface area (Å²) in [6.07, 6.45) is 2.09. The molecule has 1 amide bonds. The summed E-state index contributed by atoms with van der Waals surface area (Å²) in [5.74, 6) is -0.447. The molecule has 0 aromatic heterocycles. The van der Waals surface area contributed by atoms with Gasteiger partial charge in [0.15, 0.2) is 0 Å². The van der Waals surface area contributed by atoms with Gasteiger partial charge in [-0.15, -0.1) is 0 Å². The third-order valence-electron chi connectivity index (χ3n) is 3.43. The lowest BCUT2D eigenvalue weighted by molar-refractivity contribution is 0.100. The second-order valence-corrected chi connectivity index (χ2v) is 4.86. The Morgan fingerprint density at radius 1 is 1.39 bits per heavy atom. The van der Waals surface area contributed by atoms with Crippen LogP contribution in [-0.4, -0.2) is 37.0 Å². The predicted octanol–water partition coefficient (Wildman–Crippen LogP) is 0.874. The van der Waals surface area contributed by atoms with Crippen LogP contribution in [0.15, 0.2) is 18.2 Å². The van der Waals surface area contributed by atoms with Gasteiger partial charge in [0.05, 0.1) is 16.9 Å².